The Balaban J connectivity index is 1.36. The summed E-state index contributed by atoms with van der Waals surface area (Å²) in [5.74, 6) is 0.483. The van der Waals surface area contributed by atoms with E-state index >= 15 is 0 Å². The summed E-state index contributed by atoms with van der Waals surface area (Å²) in [6, 6.07) is 13.0. The van der Waals surface area contributed by atoms with Crippen molar-refractivity contribution in [3.63, 3.8) is 0 Å². The predicted octanol–water partition coefficient (Wildman–Crippen LogP) is 2.98. The summed E-state index contributed by atoms with van der Waals surface area (Å²) in [5, 5.41) is 5.54. The molecule has 0 fully saturated rings. The Labute approximate surface area is 163 Å². The number of oxazole rings is 1. The number of urea groups is 1. The molecule has 0 aliphatic heterocycles. The maximum Gasteiger partial charge on any atom is 0.420 e. The second-order valence-electron chi connectivity index (χ2n) is 6.59. The molecule has 2 N–H and O–H groups in total. The number of ether oxygens (including phenoxy) is 1. The number of fused-ring (bicyclic) bond motifs is 1. The van der Waals surface area contributed by atoms with Crippen molar-refractivity contribution < 1.29 is 13.9 Å². The molecule has 3 rings (SSSR count). The van der Waals surface area contributed by atoms with Crippen LogP contribution in [0.15, 0.2) is 51.7 Å². The van der Waals surface area contributed by atoms with Crippen LogP contribution in [0.1, 0.15) is 17.5 Å². The maximum atomic E-state index is 11.9. The van der Waals surface area contributed by atoms with Gasteiger partial charge in [-0.15, -0.1) is 0 Å². The van der Waals surface area contributed by atoms with Crippen LogP contribution in [0.3, 0.4) is 0 Å². The van der Waals surface area contributed by atoms with Crippen molar-refractivity contribution in [1.29, 1.82) is 0 Å². The number of rotatable bonds is 8. The average molecular weight is 383 g/mol. The first kappa shape index (κ1) is 19.5. The first-order chi connectivity index (χ1) is 13.6. The maximum absolute atomic E-state index is 11.9. The standard InChI is InChI=1S/C21H25N3O4/c1-15-7-5-8-16(2)19(15)27-14-6-11-22-20(25)23-12-13-24-17-9-3-4-10-18(17)28-21(24)26/h3-5,7-10H,6,11-14H2,1-2H3,(H2,22,23,25). The Bertz CT molecular complexity index is 986. The van der Waals surface area contributed by atoms with Crippen LogP contribution < -0.4 is 21.1 Å². The van der Waals surface area contributed by atoms with Gasteiger partial charge in [-0.25, -0.2) is 9.59 Å². The molecule has 0 spiro atoms. The molecule has 0 saturated carbocycles. The minimum atomic E-state index is -0.424. The molecule has 0 saturated heterocycles. The summed E-state index contributed by atoms with van der Waals surface area (Å²) >= 11 is 0. The lowest BCUT2D eigenvalue weighted by molar-refractivity contribution is 0.238. The number of benzene rings is 2. The van der Waals surface area contributed by atoms with Crippen molar-refractivity contribution >= 4 is 17.1 Å². The third-order valence-electron chi connectivity index (χ3n) is 4.46. The normalized spacial score (nSPS) is 10.8. The van der Waals surface area contributed by atoms with Gasteiger partial charge in [0.1, 0.15) is 5.75 Å². The highest BCUT2D eigenvalue weighted by Crippen LogP contribution is 2.22. The molecule has 1 heterocycles. The summed E-state index contributed by atoms with van der Waals surface area (Å²) in [5.41, 5.74) is 3.47. The molecular weight excluding hydrogens is 358 g/mol. The number of hydrogen-bond donors (Lipinski definition) is 2. The molecule has 28 heavy (non-hydrogen) atoms. The van der Waals surface area contributed by atoms with Crippen LogP contribution in [0.4, 0.5) is 4.79 Å². The lowest BCUT2D eigenvalue weighted by Gasteiger charge is -2.12. The van der Waals surface area contributed by atoms with Crippen LogP contribution in [0.2, 0.25) is 0 Å². The fourth-order valence-electron chi connectivity index (χ4n) is 3.04. The van der Waals surface area contributed by atoms with Crippen LogP contribution in [0.25, 0.3) is 11.1 Å². The number of nitrogens with one attached hydrogen (secondary N) is 2. The van der Waals surface area contributed by atoms with E-state index in [4.69, 9.17) is 9.15 Å². The van der Waals surface area contributed by atoms with Gasteiger partial charge in [0.2, 0.25) is 0 Å². The molecule has 0 radical (unpaired) electrons. The zero-order valence-corrected chi connectivity index (χ0v) is 16.2. The molecule has 1 aromatic heterocycles. The van der Waals surface area contributed by atoms with Gasteiger partial charge in [-0.2, -0.15) is 0 Å². The second-order valence-corrected chi connectivity index (χ2v) is 6.59. The van der Waals surface area contributed by atoms with E-state index in [1.807, 2.05) is 50.2 Å². The topological polar surface area (TPSA) is 85.5 Å². The van der Waals surface area contributed by atoms with Gasteiger partial charge in [0.15, 0.2) is 5.58 Å². The van der Waals surface area contributed by atoms with Crippen molar-refractivity contribution in [3.8, 4) is 5.75 Å². The Morgan fingerprint density at radius 1 is 1.04 bits per heavy atom. The van der Waals surface area contributed by atoms with Crippen LogP contribution in [-0.2, 0) is 6.54 Å². The Hall–Kier alpha value is -3.22. The fraction of sp³-hybridized carbons (Fsp3) is 0.333. The third-order valence-corrected chi connectivity index (χ3v) is 4.46. The number of amides is 2. The van der Waals surface area contributed by atoms with E-state index in [1.165, 1.54) is 4.57 Å². The predicted molar refractivity (Wildman–Crippen MR) is 108 cm³/mol. The zero-order chi connectivity index (χ0) is 19.9. The lowest BCUT2D eigenvalue weighted by Crippen LogP contribution is -2.38. The van der Waals surface area contributed by atoms with Gasteiger partial charge >= 0.3 is 11.8 Å². The van der Waals surface area contributed by atoms with E-state index in [0.29, 0.717) is 38.2 Å². The average Bonchev–Trinajstić information content (AvgIpc) is 2.99. The highest BCUT2D eigenvalue weighted by atomic mass is 16.5. The summed E-state index contributed by atoms with van der Waals surface area (Å²) in [6.07, 6.45) is 0.701. The van der Waals surface area contributed by atoms with Gasteiger partial charge in [0.25, 0.3) is 0 Å². The van der Waals surface area contributed by atoms with E-state index in [1.54, 1.807) is 6.07 Å². The molecule has 0 unspecified atom stereocenters. The summed E-state index contributed by atoms with van der Waals surface area (Å²) < 4.78 is 12.5. The molecule has 0 atom stereocenters. The molecule has 2 aromatic carbocycles. The van der Waals surface area contributed by atoms with E-state index < -0.39 is 5.76 Å². The van der Waals surface area contributed by atoms with E-state index in [9.17, 15) is 9.59 Å². The smallest absolute Gasteiger partial charge is 0.420 e. The van der Waals surface area contributed by atoms with Crippen LogP contribution in [0, 0.1) is 13.8 Å². The van der Waals surface area contributed by atoms with Crippen LogP contribution in [-0.4, -0.2) is 30.3 Å². The minimum Gasteiger partial charge on any atom is -0.493 e. The van der Waals surface area contributed by atoms with Crippen LogP contribution >= 0.6 is 0 Å². The number of hydrogen-bond acceptors (Lipinski definition) is 4. The number of carbonyl (C=O) groups is 1. The Morgan fingerprint density at radius 2 is 1.75 bits per heavy atom. The van der Waals surface area contributed by atoms with Crippen molar-refractivity contribution in [3.05, 3.63) is 64.1 Å². The van der Waals surface area contributed by atoms with E-state index in [2.05, 4.69) is 10.6 Å². The molecule has 2 amide bonds. The Kier molecular flexibility index (Phi) is 6.37. The van der Waals surface area contributed by atoms with Gasteiger partial charge < -0.3 is 19.8 Å². The fourth-order valence-corrected chi connectivity index (χ4v) is 3.04. The largest absolute Gasteiger partial charge is 0.493 e. The molecule has 0 aliphatic rings. The quantitative estimate of drug-likeness (QED) is 0.586. The number of carbonyl (C=O) groups excluding carboxylic acids is 1. The van der Waals surface area contributed by atoms with Crippen molar-refractivity contribution in [2.45, 2.75) is 26.8 Å². The van der Waals surface area contributed by atoms with Gasteiger partial charge in [-0.1, -0.05) is 30.3 Å². The van der Waals surface area contributed by atoms with Gasteiger partial charge in [0.05, 0.1) is 12.1 Å². The Morgan fingerprint density at radius 3 is 2.54 bits per heavy atom. The SMILES string of the molecule is Cc1cccc(C)c1OCCCNC(=O)NCCn1c(=O)oc2ccccc21. The van der Waals surface area contributed by atoms with Crippen molar-refractivity contribution in [2.75, 3.05) is 19.7 Å². The van der Waals surface area contributed by atoms with Gasteiger partial charge in [0, 0.05) is 19.6 Å². The lowest BCUT2D eigenvalue weighted by atomic mass is 10.1. The van der Waals surface area contributed by atoms with Gasteiger partial charge in [-0.3, -0.25) is 4.57 Å². The number of aromatic nitrogens is 1. The van der Waals surface area contributed by atoms with Crippen molar-refractivity contribution in [2.24, 2.45) is 0 Å². The second kappa shape index (κ2) is 9.12. The van der Waals surface area contributed by atoms with E-state index in [0.717, 1.165) is 22.4 Å². The number of para-hydroxylation sites is 3. The summed E-state index contributed by atoms with van der Waals surface area (Å²) in [4.78, 5) is 23.8. The summed E-state index contributed by atoms with van der Waals surface area (Å²) in [7, 11) is 0. The molecule has 7 nitrogen and oxygen atoms in total. The number of aryl methyl sites for hydroxylation is 2. The van der Waals surface area contributed by atoms with Gasteiger partial charge in [-0.05, 0) is 43.5 Å². The third kappa shape index (κ3) is 4.73. The highest BCUT2D eigenvalue weighted by molar-refractivity contribution is 5.74. The molecule has 7 heteroatoms. The first-order valence-electron chi connectivity index (χ1n) is 9.35. The molecule has 0 aliphatic carbocycles. The summed E-state index contributed by atoms with van der Waals surface area (Å²) in [6.45, 7) is 5.74. The van der Waals surface area contributed by atoms with Crippen molar-refractivity contribution in [1.82, 2.24) is 15.2 Å². The molecular formula is C21H25N3O4. The molecule has 0 bridgehead atoms. The van der Waals surface area contributed by atoms with Crippen LogP contribution in [0.5, 0.6) is 5.75 Å². The molecule has 3 aromatic rings. The first-order valence-corrected chi connectivity index (χ1v) is 9.35. The molecule has 148 valence electrons. The monoisotopic (exact) mass is 383 g/mol. The van der Waals surface area contributed by atoms with E-state index in [-0.39, 0.29) is 6.03 Å². The number of nitrogens with zero attached hydrogens (tertiary/aromatic N) is 1. The highest BCUT2D eigenvalue weighted by Gasteiger charge is 2.08. The zero-order valence-electron chi connectivity index (χ0n) is 16.2. The minimum absolute atomic E-state index is 0.270.